The molecular weight excluding hydrogens is 385 g/mol. The van der Waals surface area contributed by atoms with E-state index in [1.165, 1.54) is 12.1 Å². The van der Waals surface area contributed by atoms with Crippen molar-refractivity contribution in [2.75, 3.05) is 0 Å². The van der Waals surface area contributed by atoms with E-state index in [0.29, 0.717) is 30.2 Å². The third-order valence-corrected chi connectivity index (χ3v) is 4.54. The van der Waals surface area contributed by atoms with E-state index < -0.39 is 0 Å². The molecule has 1 amide bonds. The summed E-state index contributed by atoms with van der Waals surface area (Å²) in [6, 6.07) is 13.9. The molecule has 0 bridgehead atoms. The van der Waals surface area contributed by atoms with Crippen LogP contribution in [0.3, 0.4) is 0 Å². The van der Waals surface area contributed by atoms with Crippen LogP contribution in [0.25, 0.3) is 11.4 Å². The highest BCUT2D eigenvalue weighted by Gasteiger charge is 2.11. The van der Waals surface area contributed by atoms with E-state index in [1.807, 2.05) is 29.0 Å². The van der Waals surface area contributed by atoms with Gasteiger partial charge in [-0.2, -0.15) is 4.98 Å². The SMILES string of the molecule is O=C(CCc1nc(-c2ccc(F)cc2)no1)NCc1cccc(Cn2ccnc2)c1. The van der Waals surface area contributed by atoms with Crippen molar-refractivity contribution in [3.8, 4) is 11.4 Å². The van der Waals surface area contributed by atoms with Gasteiger partial charge in [0.25, 0.3) is 0 Å². The van der Waals surface area contributed by atoms with Gasteiger partial charge in [0.1, 0.15) is 5.82 Å². The number of carbonyl (C=O) groups excluding carboxylic acids is 1. The molecule has 152 valence electrons. The van der Waals surface area contributed by atoms with Crippen LogP contribution in [0.5, 0.6) is 0 Å². The van der Waals surface area contributed by atoms with Gasteiger partial charge in [-0.05, 0) is 35.4 Å². The normalized spacial score (nSPS) is 10.8. The van der Waals surface area contributed by atoms with Crippen molar-refractivity contribution in [2.45, 2.75) is 25.9 Å². The molecule has 2 aromatic heterocycles. The van der Waals surface area contributed by atoms with Crippen molar-refractivity contribution in [3.63, 3.8) is 0 Å². The van der Waals surface area contributed by atoms with Gasteiger partial charge in [0.15, 0.2) is 0 Å². The monoisotopic (exact) mass is 405 g/mol. The van der Waals surface area contributed by atoms with E-state index >= 15 is 0 Å². The lowest BCUT2D eigenvalue weighted by molar-refractivity contribution is -0.121. The van der Waals surface area contributed by atoms with Gasteiger partial charge in [0.05, 0.1) is 6.33 Å². The van der Waals surface area contributed by atoms with Gasteiger partial charge in [0, 0.05) is 43.9 Å². The highest BCUT2D eigenvalue weighted by Crippen LogP contribution is 2.16. The van der Waals surface area contributed by atoms with Crippen molar-refractivity contribution in [2.24, 2.45) is 0 Å². The first-order valence-electron chi connectivity index (χ1n) is 9.54. The molecule has 4 rings (SSSR count). The summed E-state index contributed by atoms with van der Waals surface area (Å²) < 4.78 is 20.2. The van der Waals surface area contributed by atoms with Crippen molar-refractivity contribution < 1.29 is 13.7 Å². The van der Waals surface area contributed by atoms with Gasteiger partial charge in [-0.1, -0.05) is 29.4 Å². The Morgan fingerprint density at radius 1 is 1.13 bits per heavy atom. The van der Waals surface area contributed by atoms with Gasteiger partial charge < -0.3 is 14.4 Å². The average molecular weight is 405 g/mol. The van der Waals surface area contributed by atoms with E-state index in [1.54, 1.807) is 24.7 Å². The van der Waals surface area contributed by atoms with Gasteiger partial charge in [0.2, 0.25) is 17.6 Å². The lowest BCUT2D eigenvalue weighted by Gasteiger charge is -2.07. The summed E-state index contributed by atoms with van der Waals surface area (Å²) in [7, 11) is 0. The molecule has 0 atom stereocenters. The maximum atomic E-state index is 13.0. The molecule has 30 heavy (non-hydrogen) atoms. The maximum absolute atomic E-state index is 13.0. The topological polar surface area (TPSA) is 85.8 Å². The van der Waals surface area contributed by atoms with Crippen LogP contribution >= 0.6 is 0 Å². The van der Waals surface area contributed by atoms with E-state index in [-0.39, 0.29) is 18.1 Å². The van der Waals surface area contributed by atoms with Crippen molar-refractivity contribution in [3.05, 3.63) is 90.1 Å². The second-order valence-corrected chi connectivity index (χ2v) is 6.85. The Labute approximate surface area is 172 Å². The summed E-state index contributed by atoms with van der Waals surface area (Å²) in [6.07, 6.45) is 6.00. The first kappa shape index (κ1) is 19.5. The van der Waals surface area contributed by atoms with Crippen LogP contribution in [0, 0.1) is 5.82 Å². The van der Waals surface area contributed by atoms with Crippen LogP contribution in [0.15, 0.2) is 71.8 Å². The zero-order chi connectivity index (χ0) is 20.8. The molecule has 0 saturated heterocycles. The predicted molar refractivity (Wildman–Crippen MR) is 108 cm³/mol. The van der Waals surface area contributed by atoms with Crippen LogP contribution in [-0.4, -0.2) is 25.6 Å². The summed E-state index contributed by atoms with van der Waals surface area (Å²) >= 11 is 0. The molecule has 0 aliphatic carbocycles. The number of hydrogen-bond donors (Lipinski definition) is 1. The summed E-state index contributed by atoms with van der Waals surface area (Å²) in [5.74, 6) is 0.315. The minimum atomic E-state index is -0.327. The van der Waals surface area contributed by atoms with Gasteiger partial charge >= 0.3 is 0 Å². The molecule has 0 unspecified atom stereocenters. The Morgan fingerprint density at radius 3 is 2.77 bits per heavy atom. The van der Waals surface area contributed by atoms with Crippen molar-refractivity contribution in [1.29, 1.82) is 0 Å². The molecule has 1 N–H and O–H groups in total. The number of imidazole rings is 1. The third-order valence-electron chi connectivity index (χ3n) is 4.54. The second-order valence-electron chi connectivity index (χ2n) is 6.85. The fraction of sp³-hybridized carbons (Fsp3) is 0.182. The number of amides is 1. The minimum absolute atomic E-state index is 0.100. The van der Waals surface area contributed by atoms with Crippen LogP contribution in [0.2, 0.25) is 0 Å². The Kier molecular flexibility index (Phi) is 5.93. The van der Waals surface area contributed by atoms with Gasteiger partial charge in [-0.3, -0.25) is 4.79 Å². The fourth-order valence-electron chi connectivity index (χ4n) is 3.01. The molecule has 0 aliphatic rings. The lowest BCUT2D eigenvalue weighted by atomic mass is 10.1. The second kappa shape index (κ2) is 9.13. The molecule has 2 aromatic carbocycles. The number of benzene rings is 2. The number of carbonyl (C=O) groups is 1. The van der Waals surface area contributed by atoms with Crippen LogP contribution in [0.4, 0.5) is 4.39 Å². The predicted octanol–water partition coefficient (Wildman–Crippen LogP) is 3.37. The number of rotatable bonds is 8. The van der Waals surface area contributed by atoms with E-state index in [2.05, 4.69) is 26.5 Å². The number of aryl methyl sites for hydroxylation is 1. The number of nitrogens with one attached hydrogen (secondary N) is 1. The summed E-state index contributed by atoms with van der Waals surface area (Å²) in [6.45, 7) is 1.18. The molecule has 4 aromatic rings. The van der Waals surface area contributed by atoms with Crippen molar-refractivity contribution in [1.82, 2.24) is 25.0 Å². The first-order chi connectivity index (χ1) is 14.7. The average Bonchev–Trinajstić information content (AvgIpc) is 3.44. The quantitative estimate of drug-likeness (QED) is 0.486. The van der Waals surface area contributed by atoms with Crippen molar-refractivity contribution >= 4 is 5.91 Å². The fourth-order valence-corrected chi connectivity index (χ4v) is 3.01. The standard InChI is InChI=1S/C22H20FN5O2/c23-19-6-4-18(5-7-19)22-26-21(30-27-22)9-8-20(29)25-13-16-2-1-3-17(12-16)14-28-11-10-24-15-28/h1-7,10-12,15H,8-9,13-14H2,(H,25,29). The molecule has 0 aliphatic heterocycles. The van der Waals surface area contributed by atoms with E-state index in [9.17, 15) is 9.18 Å². The molecule has 0 fully saturated rings. The molecule has 2 heterocycles. The van der Waals surface area contributed by atoms with Crippen LogP contribution in [0.1, 0.15) is 23.4 Å². The highest BCUT2D eigenvalue weighted by molar-refractivity contribution is 5.76. The zero-order valence-electron chi connectivity index (χ0n) is 16.2. The van der Waals surface area contributed by atoms with Crippen LogP contribution in [-0.2, 0) is 24.3 Å². The van der Waals surface area contributed by atoms with E-state index in [4.69, 9.17) is 4.52 Å². The first-order valence-corrected chi connectivity index (χ1v) is 9.54. The molecule has 8 heteroatoms. The summed E-state index contributed by atoms with van der Waals surface area (Å²) in [5.41, 5.74) is 2.82. The Bertz CT molecular complexity index is 1110. The number of aromatic nitrogens is 4. The molecule has 0 saturated carbocycles. The zero-order valence-corrected chi connectivity index (χ0v) is 16.2. The number of nitrogens with zero attached hydrogens (tertiary/aromatic N) is 4. The minimum Gasteiger partial charge on any atom is -0.352 e. The lowest BCUT2D eigenvalue weighted by Crippen LogP contribution is -2.23. The van der Waals surface area contributed by atoms with Gasteiger partial charge in [-0.15, -0.1) is 0 Å². The van der Waals surface area contributed by atoms with Crippen LogP contribution < -0.4 is 5.32 Å². The Morgan fingerprint density at radius 2 is 1.97 bits per heavy atom. The third kappa shape index (κ3) is 5.16. The van der Waals surface area contributed by atoms with Gasteiger partial charge in [-0.25, -0.2) is 9.37 Å². The number of hydrogen-bond acceptors (Lipinski definition) is 5. The largest absolute Gasteiger partial charge is 0.352 e. The maximum Gasteiger partial charge on any atom is 0.227 e. The Hall–Kier alpha value is -3.81. The molecule has 7 nitrogen and oxygen atoms in total. The smallest absolute Gasteiger partial charge is 0.227 e. The molecular formula is C22H20FN5O2. The molecule has 0 radical (unpaired) electrons. The summed E-state index contributed by atoms with van der Waals surface area (Å²) in [5, 5.41) is 6.79. The van der Waals surface area contributed by atoms with E-state index in [0.717, 1.165) is 17.7 Å². The Balaban J connectivity index is 1.26. The number of halogens is 1. The summed E-state index contributed by atoms with van der Waals surface area (Å²) in [4.78, 5) is 20.5. The molecule has 0 spiro atoms. The highest BCUT2D eigenvalue weighted by atomic mass is 19.1.